The smallest absolute Gasteiger partial charge is 0.341 e. The van der Waals surface area contributed by atoms with Crippen molar-refractivity contribution in [3.63, 3.8) is 0 Å². The molecule has 0 saturated heterocycles. The van der Waals surface area contributed by atoms with E-state index in [1.807, 2.05) is 27.7 Å². The van der Waals surface area contributed by atoms with Gasteiger partial charge in [0.2, 0.25) is 6.41 Å². The Kier molecular flexibility index (Phi) is 8.99. The van der Waals surface area contributed by atoms with Gasteiger partial charge in [-0.3, -0.25) is 14.4 Å². The lowest BCUT2D eigenvalue weighted by Gasteiger charge is -2.43. The fourth-order valence-corrected chi connectivity index (χ4v) is 5.72. The first-order chi connectivity index (χ1) is 18.1. The summed E-state index contributed by atoms with van der Waals surface area (Å²) < 4.78 is 17.8. The van der Waals surface area contributed by atoms with Crippen molar-refractivity contribution in [3.8, 4) is 11.5 Å². The van der Waals surface area contributed by atoms with E-state index in [1.165, 1.54) is 12.0 Å². The lowest BCUT2D eigenvalue weighted by Crippen LogP contribution is -2.37. The minimum atomic E-state index is -1.11. The lowest BCUT2D eigenvalue weighted by atomic mass is 9.65. The van der Waals surface area contributed by atoms with Gasteiger partial charge in [0.15, 0.2) is 29.7 Å². The van der Waals surface area contributed by atoms with Crippen molar-refractivity contribution in [1.29, 1.82) is 0 Å². The second kappa shape index (κ2) is 11.5. The number of allylic oxidation sites excluding steroid dienone is 4. The summed E-state index contributed by atoms with van der Waals surface area (Å²) in [5.41, 5.74) is 1.25. The van der Waals surface area contributed by atoms with Gasteiger partial charge in [0.25, 0.3) is 0 Å². The van der Waals surface area contributed by atoms with E-state index in [0.29, 0.717) is 64.1 Å². The van der Waals surface area contributed by atoms with E-state index in [1.54, 1.807) is 26.2 Å². The van der Waals surface area contributed by atoms with Gasteiger partial charge in [-0.05, 0) is 28.5 Å². The van der Waals surface area contributed by atoms with Crippen LogP contribution < -0.4 is 9.47 Å². The molecule has 0 aromatic heterocycles. The van der Waals surface area contributed by atoms with Crippen LogP contribution in [0.15, 0.2) is 39.3 Å². The van der Waals surface area contributed by atoms with Crippen LogP contribution >= 0.6 is 15.9 Å². The fourth-order valence-electron chi connectivity index (χ4n) is 5.17. The van der Waals surface area contributed by atoms with Crippen LogP contribution in [0.4, 0.5) is 0 Å². The molecule has 0 spiro atoms. The van der Waals surface area contributed by atoms with Crippen LogP contribution in [0.5, 0.6) is 11.5 Å². The number of carboxylic acid groups (broad SMARTS) is 1. The number of Topliss-reactive ketones (excluding diaryl/α,β-unsaturated/α-hetero) is 2. The number of nitrogens with zero attached hydrogens (tertiary/aromatic N) is 1. The van der Waals surface area contributed by atoms with Gasteiger partial charge < -0.3 is 24.2 Å². The number of halogens is 1. The first-order valence-electron chi connectivity index (χ1n) is 12.6. The number of carbonyl (C=O) groups is 4. The first kappa shape index (κ1) is 30.4. The monoisotopic (exact) mass is 605 g/mol. The van der Waals surface area contributed by atoms with Crippen LogP contribution in [0.25, 0.3) is 0 Å². The Bertz CT molecular complexity index is 1210. The zero-order valence-corrected chi connectivity index (χ0v) is 25.1. The summed E-state index contributed by atoms with van der Waals surface area (Å²) in [6.07, 6.45) is 2.68. The number of carbonyl (C=O) groups excluding carboxylic acids is 3. The number of hydrogen-bond acceptors (Lipinski definition) is 7. The highest BCUT2D eigenvalue weighted by Crippen LogP contribution is 2.55. The van der Waals surface area contributed by atoms with Crippen LogP contribution in [0.2, 0.25) is 0 Å². The molecule has 1 amide bonds. The summed E-state index contributed by atoms with van der Waals surface area (Å²) in [6, 6.07) is 3.34. The molecule has 0 radical (unpaired) electrons. The molecule has 212 valence electrons. The maximum Gasteiger partial charge on any atom is 0.341 e. The third-order valence-electron chi connectivity index (χ3n) is 6.74. The van der Waals surface area contributed by atoms with E-state index in [0.717, 1.165) is 6.41 Å². The van der Waals surface area contributed by atoms with Gasteiger partial charge in [-0.15, -0.1) is 0 Å². The zero-order valence-electron chi connectivity index (χ0n) is 23.5. The van der Waals surface area contributed by atoms with Gasteiger partial charge in [-0.1, -0.05) is 43.6 Å². The predicted octanol–water partition coefficient (Wildman–Crippen LogP) is 5.03. The maximum absolute atomic E-state index is 13.4. The Hall–Kier alpha value is -3.14. The highest BCUT2D eigenvalue weighted by molar-refractivity contribution is 9.10. The molecule has 9 nitrogen and oxygen atoms in total. The van der Waals surface area contributed by atoms with Crippen molar-refractivity contribution >= 4 is 39.9 Å². The van der Waals surface area contributed by atoms with E-state index in [9.17, 15) is 19.2 Å². The molecule has 2 aliphatic carbocycles. The Morgan fingerprint density at radius 2 is 1.51 bits per heavy atom. The van der Waals surface area contributed by atoms with E-state index in [4.69, 9.17) is 19.3 Å². The third kappa shape index (κ3) is 6.90. The van der Waals surface area contributed by atoms with Crippen LogP contribution in [0.3, 0.4) is 0 Å². The molecule has 1 N–H and O–H groups in total. The van der Waals surface area contributed by atoms with Gasteiger partial charge in [0.05, 0.1) is 7.11 Å². The normalized spacial score (nSPS) is 19.7. The average Bonchev–Trinajstić information content (AvgIpc) is 2.80. The van der Waals surface area contributed by atoms with Gasteiger partial charge in [0.1, 0.15) is 11.5 Å². The Morgan fingerprint density at radius 3 is 1.92 bits per heavy atom. The number of hydrogen-bond donors (Lipinski definition) is 1. The van der Waals surface area contributed by atoms with Crippen LogP contribution in [0.1, 0.15) is 64.9 Å². The van der Waals surface area contributed by atoms with E-state index >= 15 is 0 Å². The number of aliphatic carboxylic acids is 1. The molecule has 4 rings (SSSR count). The van der Waals surface area contributed by atoms with Crippen molar-refractivity contribution in [2.24, 2.45) is 10.8 Å². The lowest BCUT2D eigenvalue weighted by molar-refractivity contribution is -0.139. The summed E-state index contributed by atoms with van der Waals surface area (Å²) in [5, 5.41) is 8.99. The number of ether oxygens (including phenoxy) is 3. The molecule has 0 unspecified atom stereocenters. The summed E-state index contributed by atoms with van der Waals surface area (Å²) in [7, 11) is 4.84. The third-order valence-corrected chi connectivity index (χ3v) is 7.42. The topological polar surface area (TPSA) is 119 Å². The molecule has 1 aromatic carbocycles. The van der Waals surface area contributed by atoms with Crippen molar-refractivity contribution in [3.05, 3.63) is 44.8 Å². The van der Waals surface area contributed by atoms with Gasteiger partial charge >= 0.3 is 5.97 Å². The SMILES string of the molecule is CN(C)C=O.COc1cc(C2C3=C(CC(C)(C)CC3=O)OC3=C2C(=O)CC(C)(C)C3)c(Br)cc1OCC(=O)O. The first-order valence-corrected chi connectivity index (χ1v) is 13.4. The number of amides is 1. The molecule has 3 aliphatic rings. The van der Waals surface area contributed by atoms with Crippen LogP contribution in [-0.2, 0) is 23.9 Å². The second-order valence-electron chi connectivity index (χ2n) is 11.9. The molecule has 0 saturated carbocycles. The number of benzene rings is 1. The largest absolute Gasteiger partial charge is 0.493 e. The number of ketones is 2. The minimum Gasteiger partial charge on any atom is -0.493 e. The molecule has 10 heteroatoms. The van der Waals surface area contributed by atoms with Gasteiger partial charge in [-0.25, -0.2) is 4.79 Å². The summed E-state index contributed by atoms with van der Waals surface area (Å²) in [4.78, 5) is 48.7. The molecular formula is C29H36BrNO8. The van der Waals surface area contributed by atoms with Gasteiger partial charge in [-0.2, -0.15) is 0 Å². The molecule has 1 aromatic rings. The quantitative estimate of drug-likeness (QED) is 0.449. The van der Waals surface area contributed by atoms with E-state index in [2.05, 4.69) is 15.9 Å². The van der Waals surface area contributed by atoms with Gasteiger partial charge in [0, 0.05) is 61.3 Å². The average molecular weight is 607 g/mol. The summed E-state index contributed by atoms with van der Waals surface area (Å²) in [5.74, 6) is 0.0747. The van der Waals surface area contributed by atoms with Crippen LogP contribution in [0, 0.1) is 10.8 Å². The molecule has 0 bridgehead atoms. The summed E-state index contributed by atoms with van der Waals surface area (Å²) >= 11 is 3.58. The predicted molar refractivity (Wildman–Crippen MR) is 147 cm³/mol. The number of carboxylic acids is 1. The molecule has 1 aliphatic heterocycles. The molecule has 1 heterocycles. The number of rotatable bonds is 6. The Balaban J connectivity index is 0.000000771. The molecule has 0 atom stereocenters. The van der Waals surface area contributed by atoms with Crippen molar-refractivity contribution < 1.29 is 38.5 Å². The van der Waals surface area contributed by atoms with Crippen LogP contribution in [-0.4, -0.2) is 61.8 Å². The Morgan fingerprint density at radius 1 is 1.03 bits per heavy atom. The minimum absolute atomic E-state index is 0.0301. The second-order valence-corrected chi connectivity index (χ2v) is 12.7. The zero-order chi connectivity index (χ0) is 29.3. The summed E-state index contributed by atoms with van der Waals surface area (Å²) in [6.45, 7) is 7.65. The van der Waals surface area contributed by atoms with E-state index in [-0.39, 0.29) is 28.1 Å². The van der Waals surface area contributed by atoms with Crippen molar-refractivity contribution in [2.45, 2.75) is 59.3 Å². The number of methoxy groups -OCH3 is 1. The fraction of sp³-hybridized carbons (Fsp3) is 0.517. The molecule has 0 fully saturated rings. The maximum atomic E-state index is 13.4. The standard InChI is InChI=1S/C26H29BrO7.C3H7NO/c1-25(2)8-15(28)23-19(10-25)34-20-11-26(3,4)9-16(29)24(20)22(23)13-6-17(32-5)18(7-14(13)27)33-12-21(30)31;1-4(2)3-5/h6-7,22H,8-12H2,1-5H3,(H,30,31);3H,1-2H3. The van der Waals surface area contributed by atoms with E-state index < -0.39 is 18.5 Å². The molecule has 39 heavy (non-hydrogen) atoms. The van der Waals surface area contributed by atoms with Crippen molar-refractivity contribution in [2.75, 3.05) is 27.8 Å². The highest BCUT2D eigenvalue weighted by Gasteiger charge is 2.48. The Labute approximate surface area is 237 Å². The highest BCUT2D eigenvalue weighted by atomic mass is 79.9. The molecular weight excluding hydrogens is 570 g/mol. The van der Waals surface area contributed by atoms with Crippen molar-refractivity contribution in [1.82, 2.24) is 4.90 Å².